The number of amides is 1. The van der Waals surface area contributed by atoms with Gasteiger partial charge in [0.05, 0.1) is 17.1 Å². The van der Waals surface area contributed by atoms with Crippen LogP contribution in [0.1, 0.15) is 29.4 Å². The van der Waals surface area contributed by atoms with Gasteiger partial charge in [0.15, 0.2) is 0 Å². The molecule has 0 saturated carbocycles. The van der Waals surface area contributed by atoms with E-state index in [2.05, 4.69) is 10.3 Å². The molecule has 0 saturated heterocycles. The molecule has 0 spiro atoms. The molecule has 1 aromatic rings. The number of thiazole rings is 1. The Balaban J connectivity index is 2.60. The van der Waals surface area contributed by atoms with Crippen molar-refractivity contribution < 1.29 is 4.79 Å². The van der Waals surface area contributed by atoms with Gasteiger partial charge in [0.1, 0.15) is 0 Å². The number of hydrogen-bond acceptors (Lipinski definition) is 3. The van der Waals surface area contributed by atoms with Gasteiger partial charge in [0, 0.05) is 10.9 Å². The van der Waals surface area contributed by atoms with Crippen LogP contribution in [0.15, 0.2) is 0 Å². The monoisotopic (exact) mass is 212 g/mol. The zero-order valence-electron chi connectivity index (χ0n) is 9.05. The van der Waals surface area contributed by atoms with E-state index in [1.54, 1.807) is 11.3 Å². The summed E-state index contributed by atoms with van der Waals surface area (Å²) in [5.74, 6) is 0.0757. The first kappa shape index (κ1) is 11.2. The number of nitrogens with zero attached hydrogens (tertiary/aromatic N) is 1. The fraction of sp³-hybridized carbons (Fsp3) is 0.600. The maximum Gasteiger partial charge on any atom is 0.225 e. The van der Waals surface area contributed by atoms with Crippen LogP contribution in [0.5, 0.6) is 0 Å². The molecular formula is C10H16N2OS. The molecule has 1 N–H and O–H groups in total. The van der Waals surface area contributed by atoms with Crippen molar-refractivity contribution in [3.05, 3.63) is 15.6 Å². The Kier molecular flexibility index (Phi) is 3.63. The Morgan fingerprint density at radius 2 is 2.14 bits per heavy atom. The molecule has 1 rings (SSSR count). The Labute approximate surface area is 88.6 Å². The van der Waals surface area contributed by atoms with Crippen molar-refractivity contribution >= 4 is 17.2 Å². The van der Waals surface area contributed by atoms with Crippen molar-refractivity contribution in [2.24, 2.45) is 0 Å². The third kappa shape index (κ3) is 3.10. The highest BCUT2D eigenvalue weighted by atomic mass is 32.1. The summed E-state index contributed by atoms with van der Waals surface area (Å²) in [6, 6.07) is 0.205. The first-order chi connectivity index (χ1) is 6.49. The summed E-state index contributed by atoms with van der Waals surface area (Å²) in [5, 5.41) is 3.89. The fourth-order valence-electron chi connectivity index (χ4n) is 1.26. The standard InChI is InChI=1S/C10H16N2OS/c1-6(2)11-10(13)5-9-7(3)12-8(4)14-9/h6H,5H2,1-4H3,(H,11,13). The molecule has 14 heavy (non-hydrogen) atoms. The highest BCUT2D eigenvalue weighted by molar-refractivity contribution is 7.11. The quantitative estimate of drug-likeness (QED) is 0.830. The fourth-order valence-corrected chi connectivity index (χ4v) is 2.19. The molecule has 0 aliphatic carbocycles. The third-order valence-corrected chi connectivity index (χ3v) is 2.84. The molecule has 78 valence electrons. The van der Waals surface area contributed by atoms with Crippen molar-refractivity contribution in [1.82, 2.24) is 10.3 Å². The van der Waals surface area contributed by atoms with Crippen LogP contribution in [0.25, 0.3) is 0 Å². The van der Waals surface area contributed by atoms with Crippen LogP contribution in [0, 0.1) is 13.8 Å². The number of aromatic nitrogens is 1. The van der Waals surface area contributed by atoms with Crippen molar-refractivity contribution in [1.29, 1.82) is 0 Å². The number of aryl methyl sites for hydroxylation is 2. The van der Waals surface area contributed by atoms with E-state index in [1.807, 2.05) is 27.7 Å². The molecule has 0 aliphatic rings. The van der Waals surface area contributed by atoms with E-state index in [1.165, 1.54) is 0 Å². The van der Waals surface area contributed by atoms with Crippen LogP contribution >= 0.6 is 11.3 Å². The average molecular weight is 212 g/mol. The summed E-state index contributed by atoms with van der Waals surface area (Å²) in [6.07, 6.45) is 0.454. The molecule has 0 aromatic carbocycles. The predicted octanol–water partition coefficient (Wildman–Crippen LogP) is 1.83. The first-order valence-electron chi connectivity index (χ1n) is 4.71. The van der Waals surface area contributed by atoms with E-state index in [0.29, 0.717) is 6.42 Å². The van der Waals surface area contributed by atoms with Gasteiger partial charge in [-0.3, -0.25) is 4.79 Å². The van der Waals surface area contributed by atoms with E-state index in [4.69, 9.17) is 0 Å². The maximum absolute atomic E-state index is 11.5. The molecule has 1 heterocycles. The minimum atomic E-state index is 0.0757. The summed E-state index contributed by atoms with van der Waals surface area (Å²) in [4.78, 5) is 16.8. The molecule has 0 radical (unpaired) electrons. The summed E-state index contributed by atoms with van der Waals surface area (Å²) in [5.41, 5.74) is 0.978. The Morgan fingerprint density at radius 1 is 1.50 bits per heavy atom. The second kappa shape index (κ2) is 4.55. The number of rotatable bonds is 3. The van der Waals surface area contributed by atoms with E-state index < -0.39 is 0 Å². The Hall–Kier alpha value is -0.900. The van der Waals surface area contributed by atoms with Crippen LogP contribution in [0.3, 0.4) is 0 Å². The van der Waals surface area contributed by atoms with Gasteiger partial charge in [0.2, 0.25) is 5.91 Å². The molecule has 0 atom stereocenters. The summed E-state index contributed by atoms with van der Waals surface area (Å²) < 4.78 is 0. The van der Waals surface area contributed by atoms with Crippen molar-refractivity contribution in [2.75, 3.05) is 0 Å². The molecule has 0 fully saturated rings. The predicted molar refractivity (Wildman–Crippen MR) is 58.6 cm³/mol. The number of carbonyl (C=O) groups is 1. The SMILES string of the molecule is Cc1nc(C)c(CC(=O)NC(C)C)s1. The van der Waals surface area contributed by atoms with E-state index >= 15 is 0 Å². The van der Waals surface area contributed by atoms with Gasteiger partial charge in [-0.25, -0.2) is 4.98 Å². The van der Waals surface area contributed by atoms with Crippen molar-refractivity contribution in [3.8, 4) is 0 Å². The van der Waals surface area contributed by atoms with E-state index in [9.17, 15) is 4.79 Å². The normalized spacial score (nSPS) is 10.6. The molecule has 1 amide bonds. The van der Waals surface area contributed by atoms with Gasteiger partial charge in [0.25, 0.3) is 0 Å². The Morgan fingerprint density at radius 3 is 2.57 bits per heavy atom. The van der Waals surface area contributed by atoms with Gasteiger partial charge in [-0.2, -0.15) is 0 Å². The van der Waals surface area contributed by atoms with Gasteiger partial charge >= 0.3 is 0 Å². The zero-order chi connectivity index (χ0) is 10.7. The lowest BCUT2D eigenvalue weighted by atomic mass is 10.2. The van der Waals surface area contributed by atoms with Crippen molar-refractivity contribution in [2.45, 2.75) is 40.2 Å². The number of nitrogens with one attached hydrogen (secondary N) is 1. The molecule has 0 bridgehead atoms. The van der Waals surface area contributed by atoms with Gasteiger partial charge in [-0.05, 0) is 27.7 Å². The number of hydrogen-bond donors (Lipinski definition) is 1. The smallest absolute Gasteiger partial charge is 0.225 e. The highest BCUT2D eigenvalue weighted by Crippen LogP contribution is 2.17. The maximum atomic E-state index is 11.5. The second-order valence-corrected chi connectivity index (χ2v) is 4.93. The van der Waals surface area contributed by atoms with Crippen LogP contribution in [-0.4, -0.2) is 16.9 Å². The van der Waals surface area contributed by atoms with Crippen LogP contribution in [0.2, 0.25) is 0 Å². The lowest BCUT2D eigenvalue weighted by molar-refractivity contribution is -0.120. The van der Waals surface area contributed by atoms with Gasteiger partial charge in [-0.15, -0.1) is 11.3 Å². The summed E-state index contributed by atoms with van der Waals surface area (Å²) in [6.45, 7) is 7.83. The second-order valence-electron chi connectivity index (χ2n) is 3.64. The van der Waals surface area contributed by atoms with E-state index in [-0.39, 0.29) is 11.9 Å². The topological polar surface area (TPSA) is 42.0 Å². The minimum absolute atomic E-state index is 0.0757. The molecule has 0 aliphatic heterocycles. The van der Waals surface area contributed by atoms with Crippen LogP contribution in [-0.2, 0) is 11.2 Å². The molecular weight excluding hydrogens is 196 g/mol. The molecule has 4 heteroatoms. The minimum Gasteiger partial charge on any atom is -0.354 e. The lowest BCUT2D eigenvalue weighted by Gasteiger charge is -2.06. The van der Waals surface area contributed by atoms with Gasteiger partial charge < -0.3 is 5.32 Å². The van der Waals surface area contributed by atoms with Crippen LogP contribution in [0.4, 0.5) is 0 Å². The molecule has 3 nitrogen and oxygen atoms in total. The van der Waals surface area contributed by atoms with Gasteiger partial charge in [-0.1, -0.05) is 0 Å². The molecule has 0 unspecified atom stereocenters. The first-order valence-corrected chi connectivity index (χ1v) is 5.53. The zero-order valence-corrected chi connectivity index (χ0v) is 9.86. The highest BCUT2D eigenvalue weighted by Gasteiger charge is 2.10. The third-order valence-electron chi connectivity index (χ3n) is 1.77. The largest absolute Gasteiger partial charge is 0.354 e. The van der Waals surface area contributed by atoms with Crippen molar-refractivity contribution in [3.63, 3.8) is 0 Å². The van der Waals surface area contributed by atoms with Crippen LogP contribution < -0.4 is 5.32 Å². The van der Waals surface area contributed by atoms with E-state index in [0.717, 1.165) is 15.6 Å². The summed E-state index contributed by atoms with van der Waals surface area (Å²) in [7, 11) is 0. The average Bonchev–Trinajstić information content (AvgIpc) is 2.28. The number of carbonyl (C=O) groups excluding carboxylic acids is 1. The summed E-state index contributed by atoms with van der Waals surface area (Å²) >= 11 is 1.60. The molecule has 1 aromatic heterocycles. The Bertz CT molecular complexity index is 331. The lowest BCUT2D eigenvalue weighted by Crippen LogP contribution is -2.31.